The van der Waals surface area contributed by atoms with Crippen molar-refractivity contribution in [1.82, 2.24) is 15.1 Å². The number of guanidine groups is 1. The predicted molar refractivity (Wildman–Crippen MR) is 89.9 cm³/mol. The lowest BCUT2D eigenvalue weighted by Crippen LogP contribution is -2.53. The van der Waals surface area contributed by atoms with E-state index in [0.29, 0.717) is 6.54 Å². The first-order chi connectivity index (χ1) is 10.0. The second kappa shape index (κ2) is 7.38. The van der Waals surface area contributed by atoms with Crippen molar-refractivity contribution < 1.29 is 4.79 Å². The Morgan fingerprint density at radius 1 is 1.19 bits per heavy atom. The number of carbonyl (C=O) groups is 1. The number of hydrogen-bond acceptors (Lipinski definition) is 3. The van der Waals surface area contributed by atoms with Crippen LogP contribution in [0.1, 0.15) is 33.1 Å². The molecule has 0 aliphatic carbocycles. The standard InChI is InChI=1S/C15H28N4OS/c1-15(2)12-19(9-10-21-15)14(16-3)17-11-13(20)18-7-5-4-6-8-18/h4-12H2,1-3H3,(H,16,17). The van der Waals surface area contributed by atoms with Gasteiger partial charge in [0.25, 0.3) is 0 Å². The van der Waals surface area contributed by atoms with Crippen LogP contribution in [-0.2, 0) is 4.79 Å². The van der Waals surface area contributed by atoms with Gasteiger partial charge in [0.2, 0.25) is 5.91 Å². The zero-order chi connectivity index (χ0) is 15.3. The summed E-state index contributed by atoms with van der Waals surface area (Å²) < 4.78 is 0.243. The average Bonchev–Trinajstić information content (AvgIpc) is 2.47. The Kier molecular flexibility index (Phi) is 5.79. The zero-order valence-corrected chi connectivity index (χ0v) is 14.3. The Morgan fingerprint density at radius 3 is 2.52 bits per heavy atom. The van der Waals surface area contributed by atoms with Crippen molar-refractivity contribution in [2.75, 3.05) is 45.5 Å². The van der Waals surface area contributed by atoms with Crippen LogP contribution in [-0.4, -0.2) is 71.9 Å². The van der Waals surface area contributed by atoms with E-state index in [2.05, 4.69) is 29.1 Å². The minimum Gasteiger partial charge on any atom is -0.347 e. The normalized spacial score (nSPS) is 23.1. The number of amides is 1. The molecule has 1 N–H and O–H groups in total. The molecule has 2 aliphatic rings. The fraction of sp³-hybridized carbons (Fsp3) is 0.867. The summed E-state index contributed by atoms with van der Waals surface area (Å²) in [5.74, 6) is 2.16. The average molecular weight is 312 g/mol. The van der Waals surface area contributed by atoms with E-state index >= 15 is 0 Å². The molecular formula is C15H28N4OS. The molecule has 2 heterocycles. The van der Waals surface area contributed by atoms with Gasteiger partial charge in [-0.1, -0.05) is 0 Å². The lowest BCUT2D eigenvalue weighted by Gasteiger charge is -2.39. The quantitative estimate of drug-likeness (QED) is 0.618. The van der Waals surface area contributed by atoms with E-state index in [9.17, 15) is 4.79 Å². The van der Waals surface area contributed by atoms with Gasteiger partial charge < -0.3 is 15.1 Å². The molecule has 120 valence electrons. The number of carbonyl (C=O) groups excluding carboxylic acids is 1. The Hall–Kier alpha value is -0.910. The van der Waals surface area contributed by atoms with E-state index in [1.807, 2.05) is 16.7 Å². The van der Waals surface area contributed by atoms with E-state index < -0.39 is 0 Å². The highest BCUT2D eigenvalue weighted by molar-refractivity contribution is 8.00. The van der Waals surface area contributed by atoms with E-state index in [4.69, 9.17) is 0 Å². The predicted octanol–water partition coefficient (Wildman–Crippen LogP) is 1.40. The molecule has 0 atom stereocenters. The van der Waals surface area contributed by atoms with Crippen LogP contribution >= 0.6 is 11.8 Å². The molecule has 2 saturated heterocycles. The van der Waals surface area contributed by atoms with Gasteiger partial charge in [-0.15, -0.1) is 0 Å². The molecule has 0 aromatic heterocycles. The van der Waals surface area contributed by atoms with E-state index in [0.717, 1.165) is 50.7 Å². The molecule has 0 aromatic rings. The molecule has 0 radical (unpaired) electrons. The van der Waals surface area contributed by atoms with Gasteiger partial charge in [-0.2, -0.15) is 11.8 Å². The fourth-order valence-electron chi connectivity index (χ4n) is 2.94. The van der Waals surface area contributed by atoms with E-state index in [1.54, 1.807) is 7.05 Å². The van der Waals surface area contributed by atoms with Crippen LogP contribution in [0.3, 0.4) is 0 Å². The van der Waals surface area contributed by atoms with E-state index in [-0.39, 0.29) is 10.7 Å². The van der Waals surface area contributed by atoms with Crippen LogP contribution in [0.25, 0.3) is 0 Å². The highest BCUT2D eigenvalue weighted by atomic mass is 32.2. The van der Waals surface area contributed by atoms with Gasteiger partial charge in [0.05, 0.1) is 6.54 Å². The van der Waals surface area contributed by atoms with Crippen LogP contribution in [0.5, 0.6) is 0 Å². The third kappa shape index (κ3) is 4.80. The highest BCUT2D eigenvalue weighted by Gasteiger charge is 2.29. The second-order valence-electron chi connectivity index (χ2n) is 6.37. The third-order valence-electron chi connectivity index (χ3n) is 4.04. The number of piperidine rings is 1. The lowest BCUT2D eigenvalue weighted by molar-refractivity contribution is -0.130. The van der Waals surface area contributed by atoms with Gasteiger partial charge in [0.15, 0.2) is 5.96 Å². The van der Waals surface area contributed by atoms with Crippen molar-refractivity contribution in [3.05, 3.63) is 0 Å². The number of nitrogens with one attached hydrogen (secondary N) is 1. The number of thioether (sulfide) groups is 1. The first-order valence-corrected chi connectivity index (χ1v) is 8.88. The van der Waals surface area contributed by atoms with Crippen molar-refractivity contribution in [1.29, 1.82) is 0 Å². The molecule has 2 fully saturated rings. The van der Waals surface area contributed by atoms with Gasteiger partial charge >= 0.3 is 0 Å². The largest absolute Gasteiger partial charge is 0.347 e. The second-order valence-corrected chi connectivity index (χ2v) is 8.17. The number of rotatable bonds is 2. The summed E-state index contributed by atoms with van der Waals surface area (Å²) in [5, 5.41) is 3.25. The maximum Gasteiger partial charge on any atom is 0.241 e. The van der Waals surface area contributed by atoms with Gasteiger partial charge in [0, 0.05) is 43.7 Å². The van der Waals surface area contributed by atoms with Crippen molar-refractivity contribution in [3.63, 3.8) is 0 Å². The maximum atomic E-state index is 12.2. The fourth-order valence-corrected chi connectivity index (χ4v) is 4.05. The van der Waals surface area contributed by atoms with Gasteiger partial charge in [-0.3, -0.25) is 9.79 Å². The van der Waals surface area contributed by atoms with Crippen LogP contribution < -0.4 is 5.32 Å². The number of aliphatic imine (C=N–C) groups is 1. The van der Waals surface area contributed by atoms with Crippen LogP contribution in [0, 0.1) is 0 Å². The molecule has 2 rings (SSSR count). The van der Waals surface area contributed by atoms with Crippen molar-refractivity contribution in [2.24, 2.45) is 4.99 Å². The Labute approximate surface area is 132 Å². The minimum atomic E-state index is 0.196. The smallest absolute Gasteiger partial charge is 0.241 e. The summed E-state index contributed by atoms with van der Waals surface area (Å²) in [6, 6.07) is 0. The third-order valence-corrected chi connectivity index (χ3v) is 5.34. The molecule has 1 amide bonds. The topological polar surface area (TPSA) is 47.9 Å². The number of likely N-dealkylation sites (tertiary alicyclic amines) is 1. The Balaban J connectivity index is 1.83. The highest BCUT2D eigenvalue weighted by Crippen LogP contribution is 2.29. The van der Waals surface area contributed by atoms with Crippen LogP contribution in [0.15, 0.2) is 4.99 Å². The molecule has 6 heteroatoms. The van der Waals surface area contributed by atoms with Gasteiger partial charge in [-0.05, 0) is 33.1 Å². The van der Waals surface area contributed by atoms with E-state index in [1.165, 1.54) is 6.42 Å². The summed E-state index contributed by atoms with van der Waals surface area (Å²) in [6.45, 7) is 8.66. The summed E-state index contributed by atoms with van der Waals surface area (Å²) in [6.07, 6.45) is 3.52. The SMILES string of the molecule is CN=C(NCC(=O)N1CCCCC1)N1CCSC(C)(C)C1. The summed E-state index contributed by atoms with van der Waals surface area (Å²) in [5.41, 5.74) is 0. The summed E-state index contributed by atoms with van der Waals surface area (Å²) in [4.78, 5) is 20.8. The molecule has 2 aliphatic heterocycles. The van der Waals surface area contributed by atoms with Crippen molar-refractivity contribution >= 4 is 23.6 Å². The molecule has 21 heavy (non-hydrogen) atoms. The van der Waals surface area contributed by atoms with Gasteiger partial charge in [0.1, 0.15) is 0 Å². The molecule has 0 bridgehead atoms. The Bertz CT molecular complexity index is 391. The van der Waals surface area contributed by atoms with Crippen molar-refractivity contribution in [3.8, 4) is 0 Å². The maximum absolute atomic E-state index is 12.2. The lowest BCUT2D eigenvalue weighted by atomic mass is 10.1. The van der Waals surface area contributed by atoms with Gasteiger partial charge in [-0.25, -0.2) is 0 Å². The summed E-state index contributed by atoms with van der Waals surface area (Å²) >= 11 is 2.00. The molecule has 5 nitrogen and oxygen atoms in total. The van der Waals surface area contributed by atoms with Crippen LogP contribution in [0.4, 0.5) is 0 Å². The molecule has 0 spiro atoms. The number of nitrogens with zero attached hydrogens (tertiary/aromatic N) is 3. The molecule has 0 aromatic carbocycles. The minimum absolute atomic E-state index is 0.196. The first kappa shape index (κ1) is 16.5. The zero-order valence-electron chi connectivity index (χ0n) is 13.5. The summed E-state index contributed by atoms with van der Waals surface area (Å²) in [7, 11) is 1.79. The molecule has 0 saturated carbocycles. The Morgan fingerprint density at radius 2 is 1.90 bits per heavy atom. The monoisotopic (exact) mass is 312 g/mol. The van der Waals surface area contributed by atoms with Crippen molar-refractivity contribution in [2.45, 2.75) is 37.9 Å². The molecule has 0 unspecified atom stereocenters. The number of hydrogen-bond donors (Lipinski definition) is 1. The van der Waals surface area contributed by atoms with Crippen LogP contribution in [0.2, 0.25) is 0 Å². The first-order valence-electron chi connectivity index (χ1n) is 7.89. The molecular weight excluding hydrogens is 284 g/mol.